The molecule has 1 atom stereocenters. The van der Waals surface area contributed by atoms with Gasteiger partial charge in [-0.05, 0) is 12.8 Å². The van der Waals surface area contributed by atoms with Gasteiger partial charge in [-0.2, -0.15) is 0 Å². The van der Waals surface area contributed by atoms with E-state index in [1.807, 2.05) is 6.92 Å². The van der Waals surface area contributed by atoms with E-state index in [4.69, 9.17) is 5.11 Å². The molecule has 12 heavy (non-hydrogen) atoms. The van der Waals surface area contributed by atoms with Crippen molar-refractivity contribution in [2.75, 3.05) is 0 Å². The zero-order chi connectivity index (χ0) is 9.40. The molecule has 2 heteroatoms. The molecule has 0 aliphatic heterocycles. The number of carboxylic acids is 1. The van der Waals surface area contributed by atoms with Gasteiger partial charge in [0.25, 0.3) is 0 Å². The fourth-order valence-electron chi connectivity index (χ4n) is 1.38. The predicted molar refractivity (Wildman–Crippen MR) is 50.2 cm³/mol. The van der Waals surface area contributed by atoms with Gasteiger partial charge in [-0.15, -0.1) is 0 Å². The van der Waals surface area contributed by atoms with Crippen LogP contribution in [0.1, 0.15) is 52.4 Å². The number of hydrogen-bond acceptors (Lipinski definition) is 1. The van der Waals surface area contributed by atoms with Gasteiger partial charge >= 0.3 is 5.97 Å². The van der Waals surface area contributed by atoms with Gasteiger partial charge in [0.15, 0.2) is 0 Å². The van der Waals surface area contributed by atoms with E-state index in [1.165, 1.54) is 6.42 Å². The molecule has 0 aromatic heterocycles. The molecule has 0 saturated carbocycles. The third-order valence-electron chi connectivity index (χ3n) is 2.14. The molecule has 2 nitrogen and oxygen atoms in total. The molecule has 0 aromatic rings. The van der Waals surface area contributed by atoms with Gasteiger partial charge in [0.1, 0.15) is 0 Å². The average Bonchev–Trinajstić information content (AvgIpc) is 2.03. The summed E-state index contributed by atoms with van der Waals surface area (Å²) in [5, 5.41) is 8.80. The van der Waals surface area contributed by atoms with Crippen molar-refractivity contribution < 1.29 is 9.90 Å². The first kappa shape index (κ1) is 11.5. The lowest BCUT2D eigenvalue weighted by Crippen LogP contribution is -2.13. The van der Waals surface area contributed by atoms with Gasteiger partial charge in [-0.3, -0.25) is 4.79 Å². The van der Waals surface area contributed by atoms with Crippen LogP contribution in [0.15, 0.2) is 0 Å². The second kappa shape index (κ2) is 7.14. The normalized spacial score (nSPS) is 12.8. The zero-order valence-corrected chi connectivity index (χ0v) is 8.18. The monoisotopic (exact) mass is 172 g/mol. The fourth-order valence-corrected chi connectivity index (χ4v) is 1.38. The maximum atomic E-state index is 10.7. The van der Waals surface area contributed by atoms with Crippen molar-refractivity contribution in [3.8, 4) is 0 Å². The van der Waals surface area contributed by atoms with Crippen LogP contribution in [-0.2, 0) is 4.79 Å². The predicted octanol–water partition coefficient (Wildman–Crippen LogP) is 3.07. The average molecular weight is 172 g/mol. The first-order valence-corrected chi connectivity index (χ1v) is 4.95. The zero-order valence-electron chi connectivity index (χ0n) is 8.18. The third-order valence-corrected chi connectivity index (χ3v) is 2.14. The molecular formula is C10H20O2. The SMILES string of the molecule is CCCCCC(CCC)C(=O)O. The van der Waals surface area contributed by atoms with E-state index in [-0.39, 0.29) is 5.92 Å². The Labute approximate surface area is 75.0 Å². The summed E-state index contributed by atoms with van der Waals surface area (Å²) in [6.07, 6.45) is 6.05. The molecule has 0 fully saturated rings. The van der Waals surface area contributed by atoms with Gasteiger partial charge in [0, 0.05) is 0 Å². The van der Waals surface area contributed by atoms with Crippen LogP contribution in [0.4, 0.5) is 0 Å². The van der Waals surface area contributed by atoms with Crippen molar-refractivity contribution in [3.63, 3.8) is 0 Å². The first-order chi connectivity index (χ1) is 5.72. The van der Waals surface area contributed by atoms with E-state index in [1.54, 1.807) is 0 Å². The summed E-state index contributed by atoms with van der Waals surface area (Å²) in [4.78, 5) is 10.7. The Morgan fingerprint density at radius 1 is 1.17 bits per heavy atom. The third kappa shape index (κ3) is 5.16. The molecule has 0 heterocycles. The lowest BCUT2D eigenvalue weighted by molar-refractivity contribution is -0.142. The summed E-state index contributed by atoms with van der Waals surface area (Å²) in [5.74, 6) is -0.713. The molecule has 72 valence electrons. The summed E-state index contributed by atoms with van der Waals surface area (Å²) in [6.45, 7) is 4.17. The molecule has 0 spiro atoms. The van der Waals surface area contributed by atoms with E-state index < -0.39 is 5.97 Å². The Kier molecular flexibility index (Phi) is 6.82. The van der Waals surface area contributed by atoms with Crippen LogP contribution < -0.4 is 0 Å². The highest BCUT2D eigenvalue weighted by Gasteiger charge is 2.14. The largest absolute Gasteiger partial charge is 0.481 e. The van der Waals surface area contributed by atoms with Crippen molar-refractivity contribution in [1.29, 1.82) is 0 Å². The van der Waals surface area contributed by atoms with Crippen LogP contribution >= 0.6 is 0 Å². The van der Waals surface area contributed by atoms with Gasteiger partial charge in [-0.25, -0.2) is 0 Å². The van der Waals surface area contributed by atoms with Gasteiger partial charge in [0.05, 0.1) is 5.92 Å². The van der Waals surface area contributed by atoms with E-state index in [9.17, 15) is 4.79 Å². The highest BCUT2D eigenvalue weighted by Crippen LogP contribution is 2.15. The summed E-state index contributed by atoms with van der Waals surface area (Å²) < 4.78 is 0. The number of carbonyl (C=O) groups is 1. The maximum Gasteiger partial charge on any atom is 0.306 e. The Balaban J connectivity index is 3.56. The molecule has 0 radical (unpaired) electrons. The lowest BCUT2D eigenvalue weighted by atomic mass is 9.97. The first-order valence-electron chi connectivity index (χ1n) is 4.95. The van der Waals surface area contributed by atoms with E-state index in [0.717, 1.165) is 32.1 Å². The molecule has 0 saturated heterocycles. The van der Waals surface area contributed by atoms with Gasteiger partial charge in [0.2, 0.25) is 0 Å². The molecule has 0 bridgehead atoms. The maximum absolute atomic E-state index is 10.7. The number of unbranched alkanes of at least 4 members (excludes halogenated alkanes) is 2. The summed E-state index contributed by atoms with van der Waals surface area (Å²) in [5.41, 5.74) is 0. The van der Waals surface area contributed by atoms with Crippen molar-refractivity contribution in [2.45, 2.75) is 52.4 Å². The minimum Gasteiger partial charge on any atom is -0.481 e. The van der Waals surface area contributed by atoms with Crippen LogP contribution in [0.5, 0.6) is 0 Å². The van der Waals surface area contributed by atoms with Crippen molar-refractivity contribution in [2.24, 2.45) is 5.92 Å². The number of rotatable bonds is 7. The quantitative estimate of drug-likeness (QED) is 0.599. The molecule has 1 N–H and O–H groups in total. The lowest BCUT2D eigenvalue weighted by Gasteiger charge is -2.09. The molecule has 0 amide bonds. The molecule has 1 unspecified atom stereocenters. The number of carboxylic acid groups (broad SMARTS) is 1. The molecular weight excluding hydrogens is 152 g/mol. The summed E-state index contributed by atoms with van der Waals surface area (Å²) >= 11 is 0. The Bertz CT molecular complexity index is 121. The highest BCUT2D eigenvalue weighted by molar-refractivity contribution is 5.69. The van der Waals surface area contributed by atoms with Crippen LogP contribution in [0.2, 0.25) is 0 Å². The number of hydrogen-bond donors (Lipinski definition) is 1. The van der Waals surface area contributed by atoms with Gasteiger partial charge < -0.3 is 5.11 Å². The highest BCUT2D eigenvalue weighted by atomic mass is 16.4. The van der Waals surface area contributed by atoms with Crippen molar-refractivity contribution >= 4 is 5.97 Å². The number of aliphatic carboxylic acids is 1. The topological polar surface area (TPSA) is 37.3 Å². The van der Waals surface area contributed by atoms with Crippen LogP contribution in [0, 0.1) is 5.92 Å². The van der Waals surface area contributed by atoms with Crippen molar-refractivity contribution in [3.05, 3.63) is 0 Å². The Morgan fingerprint density at radius 2 is 1.83 bits per heavy atom. The minimum absolute atomic E-state index is 0.0958. The van der Waals surface area contributed by atoms with Crippen LogP contribution in [-0.4, -0.2) is 11.1 Å². The summed E-state index contributed by atoms with van der Waals surface area (Å²) in [6, 6.07) is 0. The second-order valence-electron chi connectivity index (χ2n) is 3.32. The molecule has 0 aliphatic rings. The smallest absolute Gasteiger partial charge is 0.306 e. The Morgan fingerprint density at radius 3 is 2.25 bits per heavy atom. The van der Waals surface area contributed by atoms with E-state index in [0.29, 0.717) is 0 Å². The molecule has 0 rings (SSSR count). The molecule has 0 aromatic carbocycles. The van der Waals surface area contributed by atoms with Crippen LogP contribution in [0.25, 0.3) is 0 Å². The van der Waals surface area contributed by atoms with Crippen molar-refractivity contribution in [1.82, 2.24) is 0 Å². The standard InChI is InChI=1S/C10H20O2/c1-3-5-6-8-9(7-4-2)10(11)12/h9H,3-8H2,1-2H3,(H,11,12). The molecule has 0 aliphatic carbocycles. The van der Waals surface area contributed by atoms with E-state index >= 15 is 0 Å². The van der Waals surface area contributed by atoms with Crippen LogP contribution in [0.3, 0.4) is 0 Å². The minimum atomic E-state index is -0.618. The van der Waals surface area contributed by atoms with Gasteiger partial charge in [-0.1, -0.05) is 39.5 Å². The Hall–Kier alpha value is -0.530. The van der Waals surface area contributed by atoms with E-state index in [2.05, 4.69) is 6.92 Å². The second-order valence-corrected chi connectivity index (χ2v) is 3.32. The summed E-state index contributed by atoms with van der Waals surface area (Å²) in [7, 11) is 0. The fraction of sp³-hybridized carbons (Fsp3) is 0.900.